The van der Waals surface area contributed by atoms with Crippen molar-refractivity contribution in [3.05, 3.63) is 29.2 Å². The first kappa shape index (κ1) is 14.7. The van der Waals surface area contributed by atoms with E-state index >= 15 is 0 Å². The van der Waals surface area contributed by atoms with Crippen LogP contribution in [0, 0.1) is 6.92 Å². The van der Waals surface area contributed by atoms with Crippen LogP contribution < -0.4 is 0 Å². The van der Waals surface area contributed by atoms with Crippen LogP contribution in [0.1, 0.15) is 27.6 Å². The molecule has 0 bridgehead atoms. The second-order valence-electron chi connectivity index (χ2n) is 4.14. The van der Waals surface area contributed by atoms with Crippen LogP contribution in [0.15, 0.2) is 10.8 Å². The molecule has 0 aliphatic carbocycles. The summed E-state index contributed by atoms with van der Waals surface area (Å²) >= 11 is 0. The highest BCUT2D eigenvalue weighted by Crippen LogP contribution is 2.13. The largest absolute Gasteiger partial charge is 0.469 e. The molecule has 0 aromatic carbocycles. The van der Waals surface area contributed by atoms with Gasteiger partial charge in [-0.15, -0.1) is 5.10 Å². The summed E-state index contributed by atoms with van der Waals surface area (Å²) in [5.74, 6) is -0.563. The summed E-state index contributed by atoms with van der Waals surface area (Å²) in [6.45, 7) is 1.97. The number of carbonyl (C=O) groups is 2. The smallest absolute Gasteiger partial charge is 0.360 e. The van der Waals surface area contributed by atoms with Crippen molar-refractivity contribution in [1.82, 2.24) is 20.0 Å². The molecule has 112 valence electrons. The van der Waals surface area contributed by atoms with Crippen molar-refractivity contribution < 1.29 is 23.5 Å². The maximum Gasteiger partial charge on any atom is 0.360 e. The lowest BCUT2D eigenvalue weighted by atomic mass is 10.2. The van der Waals surface area contributed by atoms with Crippen LogP contribution in [0.3, 0.4) is 0 Å². The van der Waals surface area contributed by atoms with Crippen molar-refractivity contribution in [2.45, 2.75) is 19.9 Å². The Labute approximate surface area is 119 Å². The minimum absolute atomic E-state index is 0.0240. The van der Waals surface area contributed by atoms with Crippen LogP contribution in [0.4, 0.5) is 0 Å². The average molecular weight is 294 g/mol. The number of hydrogen-bond donors (Lipinski definition) is 0. The molecule has 0 unspecified atom stereocenters. The number of aromatic nitrogens is 4. The van der Waals surface area contributed by atoms with Crippen LogP contribution in [0.2, 0.25) is 0 Å². The van der Waals surface area contributed by atoms with Gasteiger partial charge in [-0.25, -0.2) is 14.5 Å². The van der Waals surface area contributed by atoms with E-state index < -0.39 is 11.9 Å². The van der Waals surface area contributed by atoms with Crippen LogP contribution in [-0.2, 0) is 27.2 Å². The summed E-state index contributed by atoms with van der Waals surface area (Å²) in [4.78, 5) is 27.2. The van der Waals surface area contributed by atoms with E-state index in [1.807, 2.05) is 0 Å². The number of hydrogen-bond acceptors (Lipinski definition) is 8. The molecule has 0 saturated carbocycles. The Kier molecular flexibility index (Phi) is 4.31. The molecule has 2 aromatic heterocycles. The van der Waals surface area contributed by atoms with E-state index in [2.05, 4.69) is 24.8 Å². The van der Waals surface area contributed by atoms with E-state index in [-0.39, 0.29) is 18.7 Å². The van der Waals surface area contributed by atoms with Gasteiger partial charge in [0.2, 0.25) is 0 Å². The molecule has 0 N–H and O–H groups in total. The van der Waals surface area contributed by atoms with Gasteiger partial charge in [0.1, 0.15) is 11.5 Å². The normalized spacial score (nSPS) is 10.4. The van der Waals surface area contributed by atoms with Crippen LogP contribution in [-0.4, -0.2) is 46.1 Å². The Balaban J connectivity index is 2.36. The van der Waals surface area contributed by atoms with E-state index in [0.717, 1.165) is 0 Å². The summed E-state index contributed by atoms with van der Waals surface area (Å²) in [5.41, 5.74) is 0.905. The van der Waals surface area contributed by atoms with Crippen molar-refractivity contribution >= 4 is 11.9 Å². The molecule has 2 aromatic rings. The molecule has 2 heterocycles. The molecule has 9 heteroatoms. The van der Waals surface area contributed by atoms with Gasteiger partial charge >= 0.3 is 11.9 Å². The molecule has 0 aliphatic heterocycles. The second-order valence-corrected chi connectivity index (χ2v) is 4.14. The Morgan fingerprint density at radius 2 is 2.10 bits per heavy atom. The third-order valence-electron chi connectivity index (χ3n) is 2.90. The summed E-state index contributed by atoms with van der Waals surface area (Å²) in [7, 11) is 2.49. The second kappa shape index (κ2) is 6.16. The topological polar surface area (TPSA) is 109 Å². The van der Waals surface area contributed by atoms with Gasteiger partial charge in [0.15, 0.2) is 12.1 Å². The molecule has 0 spiro atoms. The predicted octanol–water partition coefficient (Wildman–Crippen LogP) is 0.125. The maximum absolute atomic E-state index is 11.7. The van der Waals surface area contributed by atoms with E-state index in [0.29, 0.717) is 17.1 Å². The highest BCUT2D eigenvalue weighted by Gasteiger charge is 2.23. The van der Waals surface area contributed by atoms with E-state index in [1.54, 1.807) is 6.92 Å². The summed E-state index contributed by atoms with van der Waals surface area (Å²) in [5, 5.41) is 7.62. The van der Waals surface area contributed by atoms with Crippen LogP contribution in [0.25, 0.3) is 0 Å². The van der Waals surface area contributed by atoms with Crippen LogP contribution >= 0.6 is 0 Å². The highest BCUT2D eigenvalue weighted by molar-refractivity contribution is 5.89. The zero-order valence-corrected chi connectivity index (χ0v) is 11.8. The average Bonchev–Trinajstić information content (AvgIpc) is 3.06. The van der Waals surface area contributed by atoms with E-state index in [9.17, 15) is 9.59 Å². The molecule has 0 amide bonds. The quantitative estimate of drug-likeness (QED) is 0.715. The van der Waals surface area contributed by atoms with Crippen molar-refractivity contribution in [1.29, 1.82) is 0 Å². The fraction of sp³-hybridized carbons (Fsp3) is 0.417. The van der Waals surface area contributed by atoms with Gasteiger partial charge in [-0.05, 0) is 6.92 Å². The van der Waals surface area contributed by atoms with Crippen LogP contribution in [0.5, 0.6) is 0 Å². The molecular weight excluding hydrogens is 280 g/mol. The Bertz CT molecular complexity index is 660. The Morgan fingerprint density at radius 3 is 2.67 bits per heavy atom. The first-order chi connectivity index (χ1) is 10.1. The van der Waals surface area contributed by atoms with Gasteiger partial charge in [-0.3, -0.25) is 4.79 Å². The zero-order chi connectivity index (χ0) is 15.4. The zero-order valence-electron chi connectivity index (χ0n) is 11.8. The molecule has 0 saturated heterocycles. The molecule has 21 heavy (non-hydrogen) atoms. The van der Waals surface area contributed by atoms with Gasteiger partial charge in [-0.2, -0.15) is 0 Å². The fourth-order valence-electron chi connectivity index (χ4n) is 1.72. The number of aryl methyl sites for hydroxylation is 1. The van der Waals surface area contributed by atoms with Gasteiger partial charge < -0.3 is 13.9 Å². The molecular formula is C12H14N4O5. The lowest BCUT2D eigenvalue weighted by Crippen LogP contribution is -2.16. The van der Waals surface area contributed by atoms with Gasteiger partial charge in [0, 0.05) is 0 Å². The minimum atomic E-state index is -0.669. The number of oxazole rings is 1. The number of rotatable bonds is 5. The van der Waals surface area contributed by atoms with Crippen molar-refractivity contribution in [3.8, 4) is 0 Å². The third kappa shape index (κ3) is 3.07. The van der Waals surface area contributed by atoms with Crippen molar-refractivity contribution in [2.24, 2.45) is 0 Å². The first-order valence-electron chi connectivity index (χ1n) is 6.03. The number of carbonyl (C=O) groups excluding carboxylic acids is 2. The third-order valence-corrected chi connectivity index (χ3v) is 2.90. The first-order valence-corrected chi connectivity index (χ1v) is 6.03. The standard InChI is InChI=1S/C12H14N4O5/c1-7-8(13-6-21-7)5-16-9(4-10(17)19-2)11(14-15-16)12(18)20-3/h6H,4-5H2,1-3H3. The maximum atomic E-state index is 11.7. The fourth-order valence-corrected chi connectivity index (χ4v) is 1.72. The van der Waals surface area contributed by atoms with Crippen molar-refractivity contribution in [2.75, 3.05) is 14.2 Å². The highest BCUT2D eigenvalue weighted by atomic mass is 16.5. The number of methoxy groups -OCH3 is 2. The lowest BCUT2D eigenvalue weighted by molar-refractivity contribution is -0.139. The van der Waals surface area contributed by atoms with Gasteiger partial charge in [0.05, 0.1) is 32.9 Å². The van der Waals surface area contributed by atoms with Gasteiger partial charge in [0.25, 0.3) is 0 Å². The number of esters is 2. The molecule has 0 atom stereocenters. The Hall–Kier alpha value is -2.71. The van der Waals surface area contributed by atoms with Gasteiger partial charge in [-0.1, -0.05) is 5.21 Å². The number of nitrogens with zero attached hydrogens (tertiary/aromatic N) is 4. The van der Waals surface area contributed by atoms with E-state index in [4.69, 9.17) is 4.42 Å². The monoisotopic (exact) mass is 294 g/mol. The molecule has 2 rings (SSSR count). The summed E-state index contributed by atoms with van der Waals surface area (Å²) < 4.78 is 15.7. The predicted molar refractivity (Wildman–Crippen MR) is 67.4 cm³/mol. The molecule has 9 nitrogen and oxygen atoms in total. The SMILES string of the molecule is COC(=O)Cc1c(C(=O)OC)nnn1Cc1ncoc1C. The summed E-state index contributed by atoms with van der Waals surface area (Å²) in [6.07, 6.45) is 1.16. The Morgan fingerprint density at radius 1 is 1.33 bits per heavy atom. The molecule has 0 fully saturated rings. The van der Waals surface area contributed by atoms with Crippen molar-refractivity contribution in [3.63, 3.8) is 0 Å². The number of ether oxygens (including phenoxy) is 2. The van der Waals surface area contributed by atoms with E-state index in [1.165, 1.54) is 25.3 Å². The minimum Gasteiger partial charge on any atom is -0.469 e. The molecule has 0 aliphatic rings. The lowest BCUT2D eigenvalue weighted by Gasteiger charge is -2.05. The molecule has 0 radical (unpaired) electrons. The summed E-state index contributed by atoms with van der Waals surface area (Å²) in [6, 6.07) is 0.